The molecular weight excluding hydrogens is 442 g/mol. The van der Waals surface area contributed by atoms with E-state index in [-0.39, 0.29) is 12.3 Å². The van der Waals surface area contributed by atoms with Gasteiger partial charge in [0, 0.05) is 24.8 Å². The van der Waals surface area contributed by atoms with Crippen molar-refractivity contribution in [2.24, 2.45) is 0 Å². The zero-order valence-corrected chi connectivity index (χ0v) is 21.1. The number of imidazole rings is 1. The number of carbonyl (C=O) groups excluding carboxylic acids is 1. The van der Waals surface area contributed by atoms with Crippen LogP contribution in [0.15, 0.2) is 97.2 Å². The van der Waals surface area contributed by atoms with E-state index in [0.717, 1.165) is 39.3 Å². The minimum atomic E-state index is 0.0789. The number of pyridine rings is 1. The van der Waals surface area contributed by atoms with Gasteiger partial charge in [0.2, 0.25) is 5.91 Å². The van der Waals surface area contributed by atoms with Gasteiger partial charge in [0.25, 0.3) is 0 Å². The van der Waals surface area contributed by atoms with Crippen molar-refractivity contribution in [2.45, 2.75) is 40.3 Å². The lowest BCUT2D eigenvalue weighted by molar-refractivity contribution is -0.131. The van der Waals surface area contributed by atoms with Crippen LogP contribution < -0.4 is 0 Å². The van der Waals surface area contributed by atoms with Crippen molar-refractivity contribution in [3.63, 3.8) is 0 Å². The number of aromatic nitrogens is 2. The fraction of sp³-hybridized carbons (Fsp3) is 0.188. The van der Waals surface area contributed by atoms with Gasteiger partial charge in [-0.3, -0.25) is 4.79 Å². The molecule has 4 heteroatoms. The van der Waals surface area contributed by atoms with Gasteiger partial charge in [-0.25, -0.2) is 4.98 Å². The molecule has 0 fully saturated rings. The summed E-state index contributed by atoms with van der Waals surface area (Å²) in [6.07, 6.45) is 2.30. The number of hydrogen-bond acceptors (Lipinski definition) is 2. The Balaban J connectivity index is 1.54. The summed E-state index contributed by atoms with van der Waals surface area (Å²) in [5.74, 6) is 0.0789. The molecular formula is C32H31N3O. The van der Waals surface area contributed by atoms with Crippen molar-refractivity contribution in [1.29, 1.82) is 0 Å². The third-order valence-electron chi connectivity index (χ3n) is 6.76. The highest BCUT2D eigenvalue weighted by Gasteiger charge is 2.22. The van der Waals surface area contributed by atoms with Crippen LogP contribution in [-0.4, -0.2) is 20.2 Å². The lowest BCUT2D eigenvalue weighted by Gasteiger charge is -2.23. The van der Waals surface area contributed by atoms with Crippen molar-refractivity contribution >= 4 is 11.6 Å². The number of rotatable bonds is 7. The monoisotopic (exact) mass is 473 g/mol. The number of fused-ring (bicyclic) bond motifs is 1. The molecule has 2 aromatic heterocycles. The Labute approximate surface area is 212 Å². The van der Waals surface area contributed by atoms with Gasteiger partial charge in [-0.1, -0.05) is 72.8 Å². The van der Waals surface area contributed by atoms with Crippen LogP contribution in [0.1, 0.15) is 33.5 Å². The second kappa shape index (κ2) is 10.2. The Kier molecular flexibility index (Phi) is 6.68. The van der Waals surface area contributed by atoms with E-state index < -0.39 is 0 Å². The summed E-state index contributed by atoms with van der Waals surface area (Å²) < 4.78 is 2.07. The minimum Gasteiger partial charge on any atom is -0.334 e. The number of hydrogen-bond donors (Lipinski definition) is 0. The highest BCUT2D eigenvalue weighted by molar-refractivity contribution is 5.82. The first-order valence-corrected chi connectivity index (χ1v) is 12.4. The fourth-order valence-corrected chi connectivity index (χ4v) is 4.58. The Hall–Kier alpha value is -4.18. The van der Waals surface area contributed by atoms with E-state index in [1.165, 1.54) is 11.1 Å². The molecule has 0 N–H and O–H groups in total. The van der Waals surface area contributed by atoms with Gasteiger partial charge in [0.15, 0.2) is 0 Å². The number of aryl methyl sites for hydroxylation is 3. The third-order valence-corrected chi connectivity index (χ3v) is 6.76. The van der Waals surface area contributed by atoms with Gasteiger partial charge in [-0.05, 0) is 66.8 Å². The summed E-state index contributed by atoms with van der Waals surface area (Å²) in [7, 11) is 0. The molecule has 0 bridgehead atoms. The molecule has 0 aliphatic carbocycles. The molecule has 1 amide bonds. The molecule has 0 spiro atoms. The molecule has 0 unspecified atom stereocenters. The van der Waals surface area contributed by atoms with Crippen LogP contribution >= 0.6 is 0 Å². The Morgan fingerprint density at radius 1 is 0.778 bits per heavy atom. The number of carbonyl (C=O) groups is 1. The van der Waals surface area contributed by atoms with Gasteiger partial charge in [-0.15, -0.1) is 0 Å². The predicted molar refractivity (Wildman–Crippen MR) is 146 cm³/mol. The van der Waals surface area contributed by atoms with Crippen LogP contribution in [-0.2, 0) is 24.3 Å². The average molecular weight is 474 g/mol. The van der Waals surface area contributed by atoms with E-state index in [4.69, 9.17) is 4.98 Å². The lowest BCUT2D eigenvalue weighted by atomic mass is 10.0. The predicted octanol–water partition coefficient (Wildman–Crippen LogP) is 6.70. The molecule has 2 heterocycles. The second-order valence-corrected chi connectivity index (χ2v) is 9.54. The van der Waals surface area contributed by atoms with Crippen molar-refractivity contribution in [2.75, 3.05) is 0 Å². The average Bonchev–Trinajstić information content (AvgIpc) is 3.23. The van der Waals surface area contributed by atoms with Crippen molar-refractivity contribution in [1.82, 2.24) is 14.3 Å². The maximum absolute atomic E-state index is 13.9. The van der Waals surface area contributed by atoms with E-state index in [0.29, 0.717) is 13.1 Å². The number of benzene rings is 3. The first-order chi connectivity index (χ1) is 17.5. The molecule has 0 saturated carbocycles. The van der Waals surface area contributed by atoms with E-state index in [2.05, 4.69) is 79.8 Å². The largest absolute Gasteiger partial charge is 0.334 e. The summed E-state index contributed by atoms with van der Waals surface area (Å²) in [6.45, 7) is 7.41. The van der Waals surface area contributed by atoms with E-state index in [1.807, 2.05) is 47.5 Å². The molecule has 5 rings (SSSR count). The maximum atomic E-state index is 13.9. The quantitative estimate of drug-likeness (QED) is 0.264. The third kappa shape index (κ3) is 5.08. The molecule has 0 saturated heterocycles. The molecule has 3 aromatic carbocycles. The molecule has 36 heavy (non-hydrogen) atoms. The van der Waals surface area contributed by atoms with E-state index in [1.54, 1.807) is 0 Å². The van der Waals surface area contributed by atoms with Crippen LogP contribution in [0.3, 0.4) is 0 Å². The summed E-state index contributed by atoms with van der Waals surface area (Å²) >= 11 is 0. The van der Waals surface area contributed by atoms with Crippen molar-refractivity contribution < 1.29 is 4.79 Å². The molecule has 0 atom stereocenters. The van der Waals surface area contributed by atoms with Crippen LogP contribution in [0.2, 0.25) is 0 Å². The molecule has 0 aliphatic rings. The van der Waals surface area contributed by atoms with Gasteiger partial charge < -0.3 is 9.30 Å². The number of nitrogens with zero attached hydrogens (tertiary/aromatic N) is 3. The van der Waals surface area contributed by atoms with Crippen LogP contribution in [0.4, 0.5) is 0 Å². The van der Waals surface area contributed by atoms with Gasteiger partial charge in [0.05, 0.1) is 17.8 Å². The first kappa shape index (κ1) is 23.6. The molecule has 0 aliphatic heterocycles. The first-order valence-electron chi connectivity index (χ1n) is 12.4. The smallest absolute Gasteiger partial charge is 0.229 e. The van der Waals surface area contributed by atoms with Gasteiger partial charge in [0.1, 0.15) is 5.65 Å². The summed E-state index contributed by atoms with van der Waals surface area (Å²) in [5.41, 5.74) is 9.53. The standard InChI is InChI=1S/C32H31N3O/c1-23-16-17-35-29(32(33-30(35)18-23)28-15-14-24(2)25(3)19-28)20-31(36)34(21-26-10-6-4-7-11-26)22-27-12-8-5-9-13-27/h4-19H,20-22H2,1-3H3. The Bertz CT molecular complexity index is 1460. The van der Waals surface area contributed by atoms with Crippen LogP contribution in [0.5, 0.6) is 0 Å². The molecule has 4 nitrogen and oxygen atoms in total. The van der Waals surface area contributed by atoms with Gasteiger partial charge >= 0.3 is 0 Å². The van der Waals surface area contributed by atoms with Crippen molar-refractivity contribution in [3.05, 3.63) is 131 Å². The molecule has 180 valence electrons. The van der Waals surface area contributed by atoms with Crippen molar-refractivity contribution in [3.8, 4) is 11.3 Å². The normalized spacial score (nSPS) is 11.1. The number of amides is 1. The maximum Gasteiger partial charge on any atom is 0.229 e. The van der Waals surface area contributed by atoms with Crippen LogP contribution in [0.25, 0.3) is 16.9 Å². The Morgan fingerprint density at radius 2 is 1.42 bits per heavy atom. The molecule has 0 radical (unpaired) electrons. The Morgan fingerprint density at radius 3 is 2.03 bits per heavy atom. The molecule has 5 aromatic rings. The zero-order valence-electron chi connectivity index (χ0n) is 21.1. The van der Waals surface area contributed by atoms with Crippen LogP contribution in [0, 0.1) is 20.8 Å². The second-order valence-electron chi connectivity index (χ2n) is 9.54. The lowest BCUT2D eigenvalue weighted by Crippen LogP contribution is -2.31. The van der Waals surface area contributed by atoms with Gasteiger partial charge in [-0.2, -0.15) is 0 Å². The summed E-state index contributed by atoms with van der Waals surface area (Å²) in [5, 5.41) is 0. The van der Waals surface area contributed by atoms with E-state index >= 15 is 0 Å². The highest BCUT2D eigenvalue weighted by atomic mass is 16.2. The summed E-state index contributed by atoms with van der Waals surface area (Å²) in [4.78, 5) is 20.9. The topological polar surface area (TPSA) is 37.6 Å². The fourth-order valence-electron chi connectivity index (χ4n) is 4.58. The summed E-state index contributed by atoms with van der Waals surface area (Å²) in [6, 6.07) is 30.9. The van der Waals surface area contributed by atoms with E-state index in [9.17, 15) is 4.79 Å². The SMILES string of the molecule is Cc1ccn2c(CC(=O)N(Cc3ccccc3)Cc3ccccc3)c(-c3ccc(C)c(C)c3)nc2c1. The highest BCUT2D eigenvalue weighted by Crippen LogP contribution is 2.28. The minimum absolute atomic E-state index is 0.0789. The zero-order chi connectivity index (χ0) is 25.1.